The molecular formula is C3H2BrCl2F3O3S. The molecule has 13 heavy (non-hydrogen) atoms. The van der Waals surface area contributed by atoms with Crippen LogP contribution in [0.5, 0.6) is 0 Å². The maximum absolute atomic E-state index is 11.6. The molecular weight excluding hydrogens is 324 g/mol. The minimum absolute atomic E-state index is 1.24. The predicted molar refractivity (Wildman–Crippen MR) is 44.3 cm³/mol. The van der Waals surface area contributed by atoms with Gasteiger partial charge in [-0.15, -0.1) is 11.6 Å². The van der Waals surface area contributed by atoms with Crippen LogP contribution in [0, 0.1) is 0 Å². The molecule has 0 saturated carbocycles. The second-order valence-electron chi connectivity index (χ2n) is 1.68. The van der Waals surface area contributed by atoms with Gasteiger partial charge in [0.15, 0.2) is 5.56 Å². The van der Waals surface area contributed by atoms with Gasteiger partial charge in [0.05, 0.1) is 0 Å². The number of alkyl halides is 6. The van der Waals surface area contributed by atoms with Crippen molar-refractivity contribution in [2.24, 2.45) is 0 Å². The largest absolute Gasteiger partial charge is 0.523 e. The molecule has 0 aliphatic rings. The van der Waals surface area contributed by atoms with Gasteiger partial charge in [0, 0.05) is 0 Å². The van der Waals surface area contributed by atoms with Gasteiger partial charge < -0.3 is 0 Å². The van der Waals surface area contributed by atoms with Crippen LogP contribution in [0.3, 0.4) is 0 Å². The van der Waals surface area contributed by atoms with Crippen LogP contribution in [-0.2, 0) is 14.3 Å². The SMILES string of the molecule is O=S(=O)(O[C@H](Cl)[C@H](Cl)Br)C(F)(F)F. The third-order valence-corrected chi connectivity index (χ3v) is 3.32. The summed E-state index contributed by atoms with van der Waals surface area (Å²) in [5.41, 5.74) is -7.33. The second kappa shape index (κ2) is 4.52. The van der Waals surface area contributed by atoms with Gasteiger partial charge in [0.25, 0.3) is 0 Å². The van der Waals surface area contributed by atoms with E-state index in [1.54, 1.807) is 0 Å². The third kappa shape index (κ3) is 4.20. The Labute approximate surface area is 90.4 Å². The van der Waals surface area contributed by atoms with Crippen molar-refractivity contribution in [3.63, 3.8) is 0 Å². The summed E-state index contributed by atoms with van der Waals surface area (Å²) < 4.78 is 57.6. The van der Waals surface area contributed by atoms with Crippen molar-refractivity contribution in [1.29, 1.82) is 0 Å². The molecule has 0 heterocycles. The van der Waals surface area contributed by atoms with Crippen molar-refractivity contribution >= 4 is 49.2 Å². The van der Waals surface area contributed by atoms with Crippen molar-refractivity contribution < 1.29 is 25.8 Å². The molecule has 2 atom stereocenters. The van der Waals surface area contributed by atoms with Crippen molar-refractivity contribution in [3.05, 3.63) is 0 Å². The molecule has 0 unspecified atom stereocenters. The van der Waals surface area contributed by atoms with Gasteiger partial charge in [-0.3, -0.25) is 0 Å². The van der Waals surface area contributed by atoms with E-state index in [1.165, 1.54) is 0 Å². The zero-order chi connectivity index (χ0) is 10.9. The summed E-state index contributed by atoms with van der Waals surface area (Å²) in [7, 11) is -5.69. The van der Waals surface area contributed by atoms with Crippen molar-refractivity contribution in [2.75, 3.05) is 0 Å². The molecule has 0 amide bonds. The van der Waals surface area contributed by atoms with Crippen molar-refractivity contribution in [2.45, 2.75) is 15.4 Å². The fraction of sp³-hybridized carbons (Fsp3) is 1.00. The molecule has 0 spiro atoms. The quantitative estimate of drug-likeness (QED) is 0.454. The van der Waals surface area contributed by atoms with Gasteiger partial charge in [0.2, 0.25) is 0 Å². The molecule has 0 N–H and O–H groups in total. The first-order valence-electron chi connectivity index (χ1n) is 2.49. The normalized spacial score (nSPS) is 18.3. The summed E-state index contributed by atoms with van der Waals surface area (Å²) >= 11 is 12.7. The summed E-state index contributed by atoms with van der Waals surface area (Å²) in [5.74, 6) is 0. The van der Waals surface area contributed by atoms with Gasteiger partial charge >= 0.3 is 15.6 Å². The molecule has 0 aliphatic heterocycles. The number of rotatable bonds is 3. The topological polar surface area (TPSA) is 43.4 Å². The molecule has 0 rings (SSSR count). The van der Waals surface area contributed by atoms with Gasteiger partial charge in [-0.25, -0.2) is 4.18 Å². The predicted octanol–water partition coefficient (Wildman–Crippen LogP) is 2.38. The molecule has 0 saturated heterocycles. The summed E-state index contributed by atoms with van der Waals surface area (Å²) in [6.07, 6.45) is 0. The highest BCUT2D eigenvalue weighted by Gasteiger charge is 2.49. The Morgan fingerprint density at radius 1 is 1.31 bits per heavy atom. The number of halogens is 6. The second-order valence-corrected chi connectivity index (χ2v) is 5.66. The summed E-state index contributed by atoms with van der Waals surface area (Å²) in [6, 6.07) is 0. The van der Waals surface area contributed by atoms with Crippen LogP contribution < -0.4 is 0 Å². The summed E-state index contributed by atoms with van der Waals surface area (Å²) in [4.78, 5) is 0. The van der Waals surface area contributed by atoms with E-state index in [4.69, 9.17) is 23.2 Å². The first kappa shape index (κ1) is 13.8. The Morgan fingerprint density at radius 3 is 1.92 bits per heavy atom. The fourth-order valence-electron chi connectivity index (χ4n) is 0.218. The molecule has 0 aromatic carbocycles. The average molecular weight is 326 g/mol. The van der Waals surface area contributed by atoms with E-state index in [1.807, 2.05) is 0 Å². The molecule has 0 aromatic rings. The number of hydrogen-bond donors (Lipinski definition) is 0. The van der Waals surface area contributed by atoms with Crippen LogP contribution in [0.2, 0.25) is 0 Å². The van der Waals surface area contributed by atoms with Gasteiger partial charge in [-0.2, -0.15) is 21.6 Å². The highest BCUT2D eigenvalue weighted by molar-refractivity contribution is 9.10. The lowest BCUT2D eigenvalue weighted by Crippen LogP contribution is -2.30. The van der Waals surface area contributed by atoms with Crippen LogP contribution in [0.4, 0.5) is 13.2 Å². The van der Waals surface area contributed by atoms with Gasteiger partial charge in [-0.1, -0.05) is 27.5 Å². The molecule has 0 aliphatic carbocycles. The lowest BCUT2D eigenvalue weighted by Gasteiger charge is -2.13. The Kier molecular flexibility index (Phi) is 4.78. The Bertz CT molecular complexity index is 264. The highest BCUT2D eigenvalue weighted by atomic mass is 79.9. The van der Waals surface area contributed by atoms with E-state index in [9.17, 15) is 21.6 Å². The molecule has 0 fully saturated rings. The maximum atomic E-state index is 11.6. The highest BCUT2D eigenvalue weighted by Crippen LogP contribution is 2.29. The first-order chi connectivity index (χ1) is 5.58. The standard InChI is InChI=1S/C3H2BrCl2F3O3S/c4-1(5)2(6)12-13(10,11)3(7,8)9/h1-2H/t1-,2-/m0/s1. The van der Waals surface area contributed by atoms with Gasteiger partial charge in [0.1, 0.15) is 4.29 Å². The van der Waals surface area contributed by atoms with Crippen LogP contribution >= 0.6 is 39.1 Å². The van der Waals surface area contributed by atoms with Gasteiger partial charge in [-0.05, 0) is 0 Å². The first-order valence-corrected chi connectivity index (χ1v) is 5.69. The van der Waals surface area contributed by atoms with E-state index in [-0.39, 0.29) is 0 Å². The summed E-state index contributed by atoms with van der Waals surface area (Å²) in [5, 5.41) is 0. The fourth-order valence-corrected chi connectivity index (χ4v) is 1.33. The molecule has 3 nitrogen and oxygen atoms in total. The van der Waals surface area contributed by atoms with E-state index in [2.05, 4.69) is 20.1 Å². The van der Waals surface area contributed by atoms with Crippen LogP contribution in [-0.4, -0.2) is 23.8 Å². The Morgan fingerprint density at radius 2 is 1.69 bits per heavy atom. The molecule has 10 heteroatoms. The summed E-state index contributed by atoms with van der Waals surface area (Å²) in [6.45, 7) is 0. The molecule has 80 valence electrons. The zero-order valence-corrected chi connectivity index (χ0v) is 9.47. The van der Waals surface area contributed by atoms with Crippen LogP contribution in [0.15, 0.2) is 0 Å². The lowest BCUT2D eigenvalue weighted by molar-refractivity contribution is -0.0548. The van der Waals surface area contributed by atoms with Crippen molar-refractivity contribution in [1.82, 2.24) is 0 Å². The van der Waals surface area contributed by atoms with E-state index >= 15 is 0 Å². The monoisotopic (exact) mass is 324 g/mol. The van der Waals surface area contributed by atoms with Crippen molar-refractivity contribution in [3.8, 4) is 0 Å². The Balaban J connectivity index is 4.55. The smallest absolute Gasteiger partial charge is 0.241 e. The van der Waals surface area contributed by atoms with Crippen LogP contribution in [0.1, 0.15) is 0 Å². The maximum Gasteiger partial charge on any atom is 0.523 e. The minimum atomic E-state index is -5.69. The third-order valence-electron chi connectivity index (χ3n) is 0.700. The molecule has 0 bridgehead atoms. The molecule has 0 aromatic heterocycles. The van der Waals surface area contributed by atoms with Crippen LogP contribution in [0.25, 0.3) is 0 Å². The Hall–Kier alpha value is 0.760. The number of hydrogen-bond acceptors (Lipinski definition) is 3. The molecule has 0 radical (unpaired) electrons. The average Bonchev–Trinajstić information content (AvgIpc) is 1.83. The van der Waals surface area contributed by atoms with E-state index < -0.39 is 25.5 Å². The zero-order valence-electron chi connectivity index (χ0n) is 5.56. The van der Waals surface area contributed by atoms with E-state index in [0.717, 1.165) is 0 Å². The minimum Gasteiger partial charge on any atom is -0.241 e. The van der Waals surface area contributed by atoms with E-state index in [0.29, 0.717) is 0 Å². The lowest BCUT2D eigenvalue weighted by atomic mass is 10.9.